The zero-order chi connectivity index (χ0) is 13.5. The topological polar surface area (TPSA) is 106 Å². The van der Waals surface area contributed by atoms with Gasteiger partial charge in [0.2, 0.25) is 11.8 Å². The molecule has 1 heterocycles. The molecule has 0 saturated carbocycles. The zero-order valence-corrected chi connectivity index (χ0v) is 10.5. The number of methoxy groups -OCH3 is 1. The molecular weight excluding hydrogens is 240 g/mol. The molecule has 0 aliphatic rings. The van der Waals surface area contributed by atoms with Crippen LogP contribution in [-0.2, 0) is 20.9 Å². The Balaban J connectivity index is 2.41. The van der Waals surface area contributed by atoms with E-state index >= 15 is 0 Å². The van der Waals surface area contributed by atoms with Crippen molar-refractivity contribution in [3.8, 4) is 0 Å². The molecule has 1 rings (SSSR count). The van der Waals surface area contributed by atoms with Crippen LogP contribution < -0.4 is 10.6 Å². The Morgan fingerprint density at radius 3 is 2.72 bits per heavy atom. The molecule has 0 aromatic carbocycles. The summed E-state index contributed by atoms with van der Waals surface area (Å²) in [6.07, 6.45) is 0. The lowest BCUT2D eigenvalue weighted by molar-refractivity contribution is -0.144. The van der Waals surface area contributed by atoms with Crippen molar-refractivity contribution in [3.63, 3.8) is 0 Å². The van der Waals surface area contributed by atoms with Gasteiger partial charge in [0.1, 0.15) is 6.04 Å². The number of hydrogen-bond acceptors (Lipinski definition) is 7. The molecule has 18 heavy (non-hydrogen) atoms. The molecular formula is C10H16N4O4. The lowest BCUT2D eigenvalue weighted by atomic mass is 10.3. The Hall–Kier alpha value is -1.96. The molecule has 0 bridgehead atoms. The van der Waals surface area contributed by atoms with Crippen LogP contribution in [0, 0.1) is 6.92 Å². The zero-order valence-electron chi connectivity index (χ0n) is 10.5. The number of nitrogens with one attached hydrogen (secondary N) is 2. The number of aromatic nitrogens is 2. The lowest BCUT2D eigenvalue weighted by Crippen LogP contribution is -2.47. The molecule has 1 atom stereocenters. The standard InChI is InChI=1S/C10H16N4O4/c1-6(15)12-8(10(16)17-3)4-11-5-9-13-7(2)18-14-9/h8,11H,4-5H2,1-3H3,(H,12,15). The second kappa shape index (κ2) is 6.70. The molecule has 0 spiro atoms. The van der Waals surface area contributed by atoms with Crippen molar-refractivity contribution in [2.24, 2.45) is 0 Å². The minimum absolute atomic E-state index is 0.222. The van der Waals surface area contributed by atoms with Crippen molar-refractivity contribution in [1.29, 1.82) is 0 Å². The fourth-order valence-corrected chi connectivity index (χ4v) is 1.32. The number of nitrogens with zero attached hydrogens (tertiary/aromatic N) is 2. The average Bonchev–Trinajstić information content (AvgIpc) is 2.72. The molecule has 0 saturated heterocycles. The second-order valence-electron chi connectivity index (χ2n) is 3.64. The van der Waals surface area contributed by atoms with Crippen LogP contribution in [0.2, 0.25) is 0 Å². The van der Waals surface area contributed by atoms with Gasteiger partial charge in [0.05, 0.1) is 13.7 Å². The van der Waals surface area contributed by atoms with Crippen molar-refractivity contribution in [3.05, 3.63) is 11.7 Å². The summed E-state index contributed by atoms with van der Waals surface area (Å²) in [5.74, 6) is 0.140. The fourth-order valence-electron chi connectivity index (χ4n) is 1.32. The normalized spacial score (nSPS) is 11.9. The smallest absolute Gasteiger partial charge is 0.329 e. The molecule has 1 aromatic rings. The summed E-state index contributed by atoms with van der Waals surface area (Å²) in [5, 5.41) is 9.10. The molecule has 100 valence electrons. The predicted molar refractivity (Wildman–Crippen MR) is 60.4 cm³/mol. The van der Waals surface area contributed by atoms with Crippen LogP contribution in [0.3, 0.4) is 0 Å². The van der Waals surface area contributed by atoms with Gasteiger partial charge in [-0.05, 0) is 0 Å². The van der Waals surface area contributed by atoms with Crippen LogP contribution in [-0.4, -0.2) is 41.7 Å². The lowest BCUT2D eigenvalue weighted by Gasteiger charge is -2.15. The Morgan fingerprint density at radius 1 is 1.50 bits per heavy atom. The van der Waals surface area contributed by atoms with Gasteiger partial charge in [0.15, 0.2) is 5.82 Å². The van der Waals surface area contributed by atoms with Crippen LogP contribution >= 0.6 is 0 Å². The van der Waals surface area contributed by atoms with E-state index in [9.17, 15) is 9.59 Å². The van der Waals surface area contributed by atoms with Crippen LogP contribution in [0.25, 0.3) is 0 Å². The Morgan fingerprint density at radius 2 is 2.22 bits per heavy atom. The van der Waals surface area contributed by atoms with Gasteiger partial charge in [0.25, 0.3) is 0 Å². The SMILES string of the molecule is COC(=O)C(CNCc1noc(C)n1)NC(C)=O. The highest BCUT2D eigenvalue weighted by Gasteiger charge is 2.19. The van der Waals surface area contributed by atoms with Crippen molar-refractivity contribution >= 4 is 11.9 Å². The largest absolute Gasteiger partial charge is 0.467 e. The van der Waals surface area contributed by atoms with Gasteiger partial charge in [-0.3, -0.25) is 4.79 Å². The molecule has 0 fully saturated rings. The Labute approximate surface area is 104 Å². The molecule has 1 amide bonds. The van der Waals surface area contributed by atoms with Crippen molar-refractivity contribution < 1.29 is 18.8 Å². The maximum Gasteiger partial charge on any atom is 0.329 e. The molecule has 8 heteroatoms. The first-order chi connectivity index (χ1) is 8.52. The molecule has 8 nitrogen and oxygen atoms in total. The third kappa shape index (κ3) is 4.50. The molecule has 1 aromatic heterocycles. The maximum atomic E-state index is 11.4. The van der Waals surface area contributed by atoms with E-state index in [-0.39, 0.29) is 12.5 Å². The Kier molecular flexibility index (Phi) is 5.25. The van der Waals surface area contributed by atoms with E-state index in [0.717, 1.165) is 0 Å². The molecule has 0 aliphatic heterocycles. The van der Waals surface area contributed by atoms with E-state index in [0.29, 0.717) is 18.3 Å². The van der Waals surface area contributed by atoms with E-state index in [1.807, 2.05) is 0 Å². The highest BCUT2D eigenvalue weighted by atomic mass is 16.5. The summed E-state index contributed by atoms with van der Waals surface area (Å²) >= 11 is 0. The van der Waals surface area contributed by atoms with Gasteiger partial charge in [-0.25, -0.2) is 4.79 Å². The minimum atomic E-state index is -0.736. The molecule has 0 radical (unpaired) electrons. The molecule has 2 N–H and O–H groups in total. The van der Waals surface area contributed by atoms with E-state index < -0.39 is 12.0 Å². The van der Waals surface area contributed by atoms with Gasteiger partial charge >= 0.3 is 5.97 Å². The van der Waals surface area contributed by atoms with Gasteiger partial charge in [-0.2, -0.15) is 4.98 Å². The third-order valence-electron chi connectivity index (χ3n) is 2.06. The number of carbonyl (C=O) groups is 2. The monoisotopic (exact) mass is 256 g/mol. The van der Waals surface area contributed by atoms with Crippen LogP contribution in [0.15, 0.2) is 4.52 Å². The number of amides is 1. The summed E-state index contributed by atoms with van der Waals surface area (Å²) in [6, 6.07) is -0.736. The van der Waals surface area contributed by atoms with Crippen molar-refractivity contribution in [2.45, 2.75) is 26.4 Å². The van der Waals surface area contributed by atoms with Gasteiger partial charge < -0.3 is 19.9 Å². The number of esters is 1. The first-order valence-corrected chi connectivity index (χ1v) is 5.37. The van der Waals surface area contributed by atoms with Gasteiger partial charge in [-0.15, -0.1) is 0 Å². The number of ether oxygens (including phenoxy) is 1. The fraction of sp³-hybridized carbons (Fsp3) is 0.600. The molecule has 1 unspecified atom stereocenters. The number of hydrogen-bond donors (Lipinski definition) is 2. The summed E-state index contributed by atoms with van der Waals surface area (Å²) in [4.78, 5) is 26.3. The Bertz CT molecular complexity index is 418. The summed E-state index contributed by atoms with van der Waals surface area (Å²) < 4.78 is 9.37. The third-order valence-corrected chi connectivity index (χ3v) is 2.06. The van der Waals surface area contributed by atoms with E-state index in [1.54, 1.807) is 6.92 Å². The summed E-state index contributed by atoms with van der Waals surface area (Å²) in [5.41, 5.74) is 0. The number of aryl methyl sites for hydroxylation is 1. The summed E-state index contributed by atoms with van der Waals surface area (Å²) in [7, 11) is 1.26. The number of carbonyl (C=O) groups excluding carboxylic acids is 2. The van der Waals surface area contributed by atoms with Gasteiger partial charge in [-0.1, -0.05) is 5.16 Å². The van der Waals surface area contributed by atoms with E-state index in [2.05, 4.69) is 25.5 Å². The quantitative estimate of drug-likeness (QED) is 0.638. The second-order valence-corrected chi connectivity index (χ2v) is 3.64. The maximum absolute atomic E-state index is 11.4. The first kappa shape index (κ1) is 14.1. The minimum Gasteiger partial charge on any atom is -0.467 e. The predicted octanol–water partition coefficient (Wildman–Crippen LogP) is -0.855. The van der Waals surface area contributed by atoms with Crippen LogP contribution in [0.5, 0.6) is 0 Å². The van der Waals surface area contributed by atoms with E-state index in [1.165, 1.54) is 14.0 Å². The first-order valence-electron chi connectivity index (χ1n) is 5.37. The highest BCUT2D eigenvalue weighted by molar-refractivity contribution is 5.83. The van der Waals surface area contributed by atoms with Crippen LogP contribution in [0.4, 0.5) is 0 Å². The van der Waals surface area contributed by atoms with E-state index in [4.69, 9.17) is 4.52 Å². The van der Waals surface area contributed by atoms with Crippen molar-refractivity contribution in [2.75, 3.05) is 13.7 Å². The van der Waals surface area contributed by atoms with Gasteiger partial charge in [0, 0.05) is 20.4 Å². The number of rotatable bonds is 6. The summed E-state index contributed by atoms with van der Waals surface area (Å²) in [6.45, 7) is 3.58. The van der Waals surface area contributed by atoms with Crippen LogP contribution in [0.1, 0.15) is 18.6 Å². The highest BCUT2D eigenvalue weighted by Crippen LogP contribution is 1.94. The average molecular weight is 256 g/mol. The molecule has 0 aliphatic carbocycles. The van der Waals surface area contributed by atoms with Crippen molar-refractivity contribution in [1.82, 2.24) is 20.8 Å².